The predicted octanol–water partition coefficient (Wildman–Crippen LogP) is 3.93. The maximum Gasteiger partial charge on any atom is 0.246 e. The van der Waals surface area contributed by atoms with Crippen LogP contribution in [0.25, 0.3) is 10.7 Å². The van der Waals surface area contributed by atoms with Gasteiger partial charge in [-0.05, 0) is 29.9 Å². The molecule has 1 aromatic carbocycles. The van der Waals surface area contributed by atoms with Crippen molar-refractivity contribution in [2.75, 3.05) is 0 Å². The Bertz CT molecular complexity index is 837. The molecule has 0 radical (unpaired) electrons. The monoisotopic (exact) mass is 353 g/mol. The average Bonchev–Trinajstić information content (AvgIpc) is 3.42. The number of nitrogens with zero attached hydrogens (tertiary/aromatic N) is 2. The van der Waals surface area contributed by atoms with Crippen LogP contribution >= 0.6 is 11.3 Å². The molecular weight excluding hydrogens is 334 g/mol. The topological polar surface area (TPSA) is 68.0 Å². The molecule has 0 saturated heterocycles. The lowest BCUT2D eigenvalue weighted by atomic mass is 9.78. The predicted molar refractivity (Wildman–Crippen MR) is 96.0 cm³/mol. The number of hydrogen-bond acceptors (Lipinski definition) is 5. The summed E-state index contributed by atoms with van der Waals surface area (Å²) in [5.41, 5.74) is 0.660. The Morgan fingerprint density at radius 1 is 1.16 bits per heavy atom. The molecule has 6 heteroatoms. The summed E-state index contributed by atoms with van der Waals surface area (Å²) in [5.74, 6) is 1.04. The third kappa shape index (κ3) is 3.09. The fraction of sp³-hybridized carbons (Fsp3) is 0.316. The van der Waals surface area contributed by atoms with E-state index in [-0.39, 0.29) is 12.5 Å². The number of hydrogen-bond donors (Lipinski definition) is 1. The summed E-state index contributed by atoms with van der Waals surface area (Å²) in [7, 11) is 0. The molecule has 25 heavy (non-hydrogen) atoms. The van der Waals surface area contributed by atoms with E-state index in [0.717, 1.165) is 36.1 Å². The molecule has 0 atom stereocenters. The highest BCUT2D eigenvalue weighted by atomic mass is 32.1. The molecule has 0 unspecified atom stereocenters. The van der Waals surface area contributed by atoms with Crippen LogP contribution in [0.15, 0.2) is 52.4 Å². The minimum Gasteiger partial charge on any atom is -0.346 e. The number of carbonyl (C=O) groups is 1. The molecule has 1 fully saturated rings. The fourth-order valence-electron chi connectivity index (χ4n) is 3.54. The maximum absolute atomic E-state index is 13.0. The van der Waals surface area contributed by atoms with E-state index in [2.05, 4.69) is 15.5 Å². The average molecular weight is 353 g/mol. The summed E-state index contributed by atoms with van der Waals surface area (Å²) in [6.07, 6.45) is 3.91. The van der Waals surface area contributed by atoms with Crippen molar-refractivity contribution in [3.05, 3.63) is 59.3 Å². The Hall–Kier alpha value is -2.47. The van der Waals surface area contributed by atoms with Crippen LogP contribution in [-0.2, 0) is 16.8 Å². The molecule has 5 nitrogen and oxygen atoms in total. The lowest BCUT2D eigenvalue weighted by molar-refractivity contribution is -0.127. The van der Waals surface area contributed by atoms with Gasteiger partial charge in [0.15, 0.2) is 0 Å². The van der Waals surface area contributed by atoms with Crippen molar-refractivity contribution in [1.29, 1.82) is 0 Å². The van der Waals surface area contributed by atoms with Crippen LogP contribution in [0.4, 0.5) is 0 Å². The van der Waals surface area contributed by atoms with Crippen molar-refractivity contribution < 1.29 is 9.32 Å². The van der Waals surface area contributed by atoms with Gasteiger partial charge in [-0.25, -0.2) is 0 Å². The van der Waals surface area contributed by atoms with Crippen LogP contribution in [-0.4, -0.2) is 16.0 Å². The van der Waals surface area contributed by atoms with E-state index in [1.54, 1.807) is 11.3 Å². The second-order valence-corrected chi connectivity index (χ2v) is 7.27. The van der Waals surface area contributed by atoms with E-state index in [9.17, 15) is 4.79 Å². The van der Waals surface area contributed by atoms with Crippen LogP contribution in [0.5, 0.6) is 0 Å². The molecule has 0 spiro atoms. The largest absolute Gasteiger partial charge is 0.346 e. The third-order valence-corrected chi connectivity index (χ3v) is 5.69. The van der Waals surface area contributed by atoms with Crippen LogP contribution < -0.4 is 5.32 Å². The van der Waals surface area contributed by atoms with Gasteiger partial charge in [-0.2, -0.15) is 4.98 Å². The minimum atomic E-state index is -0.433. The highest BCUT2D eigenvalue weighted by molar-refractivity contribution is 7.13. The molecule has 4 rings (SSSR count). The highest BCUT2D eigenvalue weighted by Crippen LogP contribution is 2.41. The van der Waals surface area contributed by atoms with E-state index in [4.69, 9.17) is 4.52 Å². The number of amides is 1. The highest BCUT2D eigenvalue weighted by Gasteiger charge is 2.42. The van der Waals surface area contributed by atoms with Gasteiger partial charge < -0.3 is 9.84 Å². The van der Waals surface area contributed by atoms with Gasteiger partial charge in [-0.15, -0.1) is 11.3 Å². The first kappa shape index (κ1) is 16.0. The summed E-state index contributed by atoms with van der Waals surface area (Å²) in [6, 6.07) is 14.0. The Labute approximate surface area is 150 Å². The summed E-state index contributed by atoms with van der Waals surface area (Å²) in [5, 5.41) is 8.96. The normalized spacial score (nSPS) is 16.0. The SMILES string of the molecule is O=C(NCc1nc(-c2cccs2)no1)C1(c2ccccc2)CCCC1. The van der Waals surface area contributed by atoms with Crippen molar-refractivity contribution in [2.45, 2.75) is 37.6 Å². The number of thiophene rings is 1. The van der Waals surface area contributed by atoms with Crippen LogP contribution in [0.2, 0.25) is 0 Å². The first-order chi connectivity index (χ1) is 12.3. The van der Waals surface area contributed by atoms with Gasteiger partial charge in [-0.3, -0.25) is 4.79 Å². The Morgan fingerprint density at radius 3 is 2.68 bits per heavy atom. The third-order valence-electron chi connectivity index (χ3n) is 4.83. The Morgan fingerprint density at radius 2 is 1.96 bits per heavy atom. The van der Waals surface area contributed by atoms with Crippen molar-refractivity contribution >= 4 is 17.2 Å². The summed E-state index contributed by atoms with van der Waals surface area (Å²) >= 11 is 1.56. The fourth-order valence-corrected chi connectivity index (χ4v) is 4.19. The van der Waals surface area contributed by atoms with Crippen molar-refractivity contribution in [3.8, 4) is 10.7 Å². The van der Waals surface area contributed by atoms with Crippen molar-refractivity contribution in [3.63, 3.8) is 0 Å². The standard InChI is InChI=1S/C19H19N3O2S/c23-18(19(10-4-5-11-19)14-7-2-1-3-8-14)20-13-16-21-17(22-24-16)15-9-6-12-25-15/h1-3,6-9,12H,4-5,10-11,13H2,(H,20,23). The van der Waals surface area contributed by atoms with Crippen LogP contribution in [0, 0.1) is 0 Å². The van der Waals surface area contributed by atoms with Crippen LogP contribution in [0.1, 0.15) is 37.1 Å². The lowest BCUT2D eigenvalue weighted by Crippen LogP contribution is -2.42. The van der Waals surface area contributed by atoms with Gasteiger partial charge in [0.2, 0.25) is 17.6 Å². The second kappa shape index (κ2) is 6.80. The molecule has 0 aliphatic heterocycles. The van der Waals surface area contributed by atoms with Gasteiger partial charge in [0.1, 0.15) is 0 Å². The van der Waals surface area contributed by atoms with E-state index >= 15 is 0 Å². The molecule has 1 N–H and O–H groups in total. The number of rotatable bonds is 5. The zero-order valence-electron chi connectivity index (χ0n) is 13.8. The maximum atomic E-state index is 13.0. The van der Waals surface area contributed by atoms with Gasteiger partial charge in [0.05, 0.1) is 16.8 Å². The number of nitrogens with one attached hydrogen (secondary N) is 1. The van der Waals surface area contributed by atoms with Gasteiger partial charge in [0.25, 0.3) is 0 Å². The number of benzene rings is 1. The van der Waals surface area contributed by atoms with Gasteiger partial charge in [-0.1, -0.05) is 54.4 Å². The first-order valence-corrected chi connectivity index (χ1v) is 9.36. The lowest BCUT2D eigenvalue weighted by Gasteiger charge is -2.28. The summed E-state index contributed by atoms with van der Waals surface area (Å²) in [4.78, 5) is 18.3. The Kier molecular flexibility index (Phi) is 4.36. The Balaban J connectivity index is 1.48. The molecule has 1 amide bonds. The molecule has 2 aromatic heterocycles. The minimum absolute atomic E-state index is 0.0482. The summed E-state index contributed by atoms with van der Waals surface area (Å²) in [6.45, 7) is 0.256. The summed E-state index contributed by atoms with van der Waals surface area (Å²) < 4.78 is 5.27. The molecule has 2 heterocycles. The number of carbonyl (C=O) groups excluding carboxylic acids is 1. The van der Waals surface area contributed by atoms with Crippen molar-refractivity contribution in [2.24, 2.45) is 0 Å². The zero-order valence-corrected chi connectivity index (χ0v) is 14.6. The second-order valence-electron chi connectivity index (χ2n) is 6.33. The molecule has 3 aromatic rings. The smallest absolute Gasteiger partial charge is 0.246 e. The first-order valence-electron chi connectivity index (χ1n) is 8.48. The molecule has 1 saturated carbocycles. The molecule has 1 aliphatic carbocycles. The molecule has 128 valence electrons. The quantitative estimate of drug-likeness (QED) is 0.755. The van der Waals surface area contributed by atoms with E-state index in [1.165, 1.54) is 0 Å². The van der Waals surface area contributed by atoms with Crippen LogP contribution in [0.3, 0.4) is 0 Å². The van der Waals surface area contributed by atoms with E-state index in [1.807, 2.05) is 47.8 Å². The number of aromatic nitrogens is 2. The molecule has 0 bridgehead atoms. The van der Waals surface area contributed by atoms with Crippen molar-refractivity contribution in [1.82, 2.24) is 15.5 Å². The van der Waals surface area contributed by atoms with E-state index in [0.29, 0.717) is 11.7 Å². The van der Waals surface area contributed by atoms with E-state index < -0.39 is 5.41 Å². The molecule has 1 aliphatic rings. The van der Waals surface area contributed by atoms with Gasteiger partial charge >= 0.3 is 0 Å². The van der Waals surface area contributed by atoms with Gasteiger partial charge in [0, 0.05) is 0 Å². The molecular formula is C19H19N3O2S. The zero-order chi connectivity index (χ0) is 17.1.